The number of hydrogen-bond donors (Lipinski definition) is 2. The van der Waals surface area contributed by atoms with Gasteiger partial charge in [-0.2, -0.15) is 0 Å². The molecular formula is C13H19IN2O2. The van der Waals surface area contributed by atoms with E-state index in [1.165, 1.54) is 0 Å². The van der Waals surface area contributed by atoms with Gasteiger partial charge < -0.3 is 10.1 Å². The van der Waals surface area contributed by atoms with Crippen LogP contribution in [0.1, 0.15) is 36.7 Å². The standard InChI is InChI=1S/C11H13IN2O2.C2H6/c1-3-16-11(15)7-4-5-9(14-2)8(6-7)10(12)13;1-2/h4-6,13-14H,3H2,1-2H3;1-2H3. The first-order valence-corrected chi connectivity index (χ1v) is 6.91. The number of benzene rings is 1. The molecule has 0 fully saturated rings. The lowest BCUT2D eigenvalue weighted by Gasteiger charge is -2.09. The van der Waals surface area contributed by atoms with Gasteiger partial charge in [0.05, 0.1) is 12.2 Å². The summed E-state index contributed by atoms with van der Waals surface area (Å²) in [6, 6.07) is 5.13. The highest BCUT2D eigenvalue weighted by atomic mass is 127. The zero-order valence-corrected chi connectivity index (χ0v) is 13.3. The minimum atomic E-state index is -0.357. The lowest BCUT2D eigenvalue weighted by molar-refractivity contribution is 0.0526. The van der Waals surface area contributed by atoms with E-state index in [0.717, 1.165) is 5.69 Å². The van der Waals surface area contributed by atoms with Crippen LogP contribution in [0.5, 0.6) is 0 Å². The van der Waals surface area contributed by atoms with Crippen LogP contribution in [0, 0.1) is 5.41 Å². The number of carbonyl (C=O) groups is 1. The van der Waals surface area contributed by atoms with E-state index in [2.05, 4.69) is 5.32 Å². The average Bonchev–Trinajstić information content (AvgIpc) is 2.40. The Kier molecular flexibility index (Phi) is 8.36. The van der Waals surface area contributed by atoms with Gasteiger partial charge in [-0.3, -0.25) is 5.41 Å². The number of anilines is 1. The molecule has 0 radical (unpaired) electrons. The molecule has 0 unspecified atom stereocenters. The SMILES string of the molecule is CC.CCOC(=O)c1ccc(NC)c(C(=N)I)c1. The Morgan fingerprint density at radius 1 is 1.44 bits per heavy atom. The average molecular weight is 362 g/mol. The van der Waals surface area contributed by atoms with Gasteiger partial charge in [0.1, 0.15) is 3.72 Å². The molecule has 0 aliphatic carbocycles. The first-order valence-electron chi connectivity index (χ1n) is 5.83. The van der Waals surface area contributed by atoms with Gasteiger partial charge in [-0.15, -0.1) is 0 Å². The highest BCUT2D eigenvalue weighted by Crippen LogP contribution is 2.20. The number of rotatable bonds is 4. The Labute approximate surface area is 122 Å². The van der Waals surface area contributed by atoms with Crippen molar-refractivity contribution in [1.82, 2.24) is 0 Å². The summed E-state index contributed by atoms with van der Waals surface area (Å²) < 4.78 is 5.29. The summed E-state index contributed by atoms with van der Waals surface area (Å²) in [7, 11) is 1.78. The molecule has 1 aromatic rings. The largest absolute Gasteiger partial charge is 0.462 e. The Bertz CT molecular complexity index is 419. The summed E-state index contributed by atoms with van der Waals surface area (Å²) in [5.41, 5.74) is 2.00. The maximum absolute atomic E-state index is 11.5. The molecule has 0 aromatic heterocycles. The predicted octanol–water partition coefficient (Wildman–Crippen LogP) is 3.69. The second kappa shape index (κ2) is 8.91. The molecule has 0 saturated carbocycles. The van der Waals surface area contributed by atoms with Crippen molar-refractivity contribution >= 4 is 38.0 Å². The van der Waals surface area contributed by atoms with Gasteiger partial charge in [-0.05, 0) is 47.7 Å². The zero-order valence-electron chi connectivity index (χ0n) is 11.1. The van der Waals surface area contributed by atoms with Crippen LogP contribution in [0.3, 0.4) is 0 Å². The molecule has 0 amide bonds. The Morgan fingerprint density at radius 3 is 2.50 bits per heavy atom. The Morgan fingerprint density at radius 2 is 2.06 bits per heavy atom. The topological polar surface area (TPSA) is 62.2 Å². The van der Waals surface area contributed by atoms with E-state index in [-0.39, 0.29) is 5.97 Å². The highest BCUT2D eigenvalue weighted by molar-refractivity contribution is 14.1. The van der Waals surface area contributed by atoms with Crippen LogP contribution >= 0.6 is 22.6 Å². The minimum absolute atomic E-state index is 0.351. The van der Waals surface area contributed by atoms with Crippen LogP contribution in [0.4, 0.5) is 5.69 Å². The van der Waals surface area contributed by atoms with Crippen molar-refractivity contribution in [2.24, 2.45) is 0 Å². The van der Waals surface area contributed by atoms with Gasteiger partial charge in [0, 0.05) is 18.3 Å². The van der Waals surface area contributed by atoms with E-state index >= 15 is 0 Å². The van der Waals surface area contributed by atoms with E-state index in [4.69, 9.17) is 10.1 Å². The minimum Gasteiger partial charge on any atom is -0.462 e. The summed E-state index contributed by atoms with van der Waals surface area (Å²) in [5.74, 6) is -0.357. The van der Waals surface area contributed by atoms with Gasteiger partial charge in [-0.1, -0.05) is 13.8 Å². The Balaban J connectivity index is 0.00000137. The van der Waals surface area contributed by atoms with Crippen molar-refractivity contribution in [2.45, 2.75) is 20.8 Å². The van der Waals surface area contributed by atoms with Crippen molar-refractivity contribution in [3.8, 4) is 0 Å². The van der Waals surface area contributed by atoms with E-state index in [0.29, 0.717) is 21.5 Å². The second-order valence-electron chi connectivity index (χ2n) is 3.04. The fourth-order valence-corrected chi connectivity index (χ4v) is 1.73. The molecular weight excluding hydrogens is 343 g/mol. The molecule has 0 spiro atoms. The smallest absolute Gasteiger partial charge is 0.338 e. The number of nitrogens with one attached hydrogen (secondary N) is 2. The molecule has 4 nitrogen and oxygen atoms in total. The number of hydrogen-bond acceptors (Lipinski definition) is 4. The van der Waals surface area contributed by atoms with Gasteiger partial charge >= 0.3 is 5.97 Å². The molecule has 5 heteroatoms. The monoisotopic (exact) mass is 362 g/mol. The van der Waals surface area contributed by atoms with Crippen LogP contribution in [-0.2, 0) is 4.74 Å². The number of esters is 1. The van der Waals surface area contributed by atoms with Crippen LogP contribution in [0.25, 0.3) is 0 Å². The molecule has 2 N–H and O–H groups in total. The molecule has 0 aliphatic rings. The molecule has 1 rings (SSSR count). The van der Waals surface area contributed by atoms with Gasteiger partial charge in [-0.25, -0.2) is 4.79 Å². The van der Waals surface area contributed by atoms with E-state index in [1.54, 1.807) is 32.2 Å². The first-order chi connectivity index (χ1) is 8.60. The first kappa shape index (κ1) is 16.9. The van der Waals surface area contributed by atoms with Gasteiger partial charge in [0.2, 0.25) is 0 Å². The molecule has 0 heterocycles. The third kappa shape index (κ3) is 4.64. The molecule has 0 saturated heterocycles. The van der Waals surface area contributed by atoms with E-state index in [9.17, 15) is 4.79 Å². The molecule has 1 aromatic carbocycles. The lowest BCUT2D eigenvalue weighted by atomic mass is 10.1. The number of ether oxygens (including phenoxy) is 1. The molecule has 0 aliphatic heterocycles. The van der Waals surface area contributed by atoms with Crippen LogP contribution in [-0.4, -0.2) is 23.3 Å². The fourth-order valence-electron chi connectivity index (χ4n) is 1.29. The van der Waals surface area contributed by atoms with E-state index in [1.807, 2.05) is 36.4 Å². The van der Waals surface area contributed by atoms with Gasteiger partial charge in [0.15, 0.2) is 0 Å². The number of halogens is 1. The summed E-state index contributed by atoms with van der Waals surface area (Å²) in [4.78, 5) is 11.5. The van der Waals surface area contributed by atoms with Crippen molar-refractivity contribution in [1.29, 1.82) is 5.41 Å². The summed E-state index contributed by atoms with van der Waals surface area (Å²) in [6.07, 6.45) is 0. The summed E-state index contributed by atoms with van der Waals surface area (Å²) in [6.45, 7) is 6.12. The summed E-state index contributed by atoms with van der Waals surface area (Å²) in [5, 5.41) is 10.6. The zero-order chi connectivity index (χ0) is 14.1. The maximum atomic E-state index is 11.5. The summed E-state index contributed by atoms with van der Waals surface area (Å²) >= 11 is 1.91. The number of carbonyl (C=O) groups excluding carboxylic acids is 1. The Hall–Kier alpha value is -1.11. The van der Waals surface area contributed by atoms with Crippen molar-refractivity contribution < 1.29 is 9.53 Å². The van der Waals surface area contributed by atoms with Crippen molar-refractivity contribution in [3.05, 3.63) is 29.3 Å². The maximum Gasteiger partial charge on any atom is 0.338 e. The third-order valence-corrected chi connectivity index (χ3v) is 2.62. The predicted molar refractivity (Wildman–Crippen MR) is 84.1 cm³/mol. The third-order valence-electron chi connectivity index (χ3n) is 2.04. The van der Waals surface area contributed by atoms with Crippen LogP contribution < -0.4 is 5.32 Å². The van der Waals surface area contributed by atoms with Crippen molar-refractivity contribution in [3.63, 3.8) is 0 Å². The molecule has 0 atom stereocenters. The van der Waals surface area contributed by atoms with Gasteiger partial charge in [0.25, 0.3) is 0 Å². The highest BCUT2D eigenvalue weighted by Gasteiger charge is 2.11. The quantitative estimate of drug-likeness (QED) is 0.488. The molecule has 0 bridgehead atoms. The normalized spacial score (nSPS) is 8.94. The lowest BCUT2D eigenvalue weighted by Crippen LogP contribution is -2.07. The van der Waals surface area contributed by atoms with Crippen LogP contribution in [0.15, 0.2) is 18.2 Å². The van der Waals surface area contributed by atoms with Crippen LogP contribution in [0.2, 0.25) is 0 Å². The molecule has 100 valence electrons. The molecule has 18 heavy (non-hydrogen) atoms. The van der Waals surface area contributed by atoms with Crippen molar-refractivity contribution in [2.75, 3.05) is 19.0 Å². The second-order valence-corrected chi connectivity index (χ2v) is 4.12. The van der Waals surface area contributed by atoms with E-state index < -0.39 is 0 Å². The fraction of sp³-hybridized carbons (Fsp3) is 0.385.